The lowest BCUT2D eigenvalue weighted by molar-refractivity contribution is -0.136. The first-order valence-corrected chi connectivity index (χ1v) is 16.5. The Morgan fingerprint density at radius 2 is 1.67 bits per heavy atom. The maximum atomic E-state index is 12.9. The molecule has 11 nitrogen and oxygen atoms in total. The van der Waals surface area contributed by atoms with Crippen molar-refractivity contribution in [3.05, 3.63) is 59.2 Å². The zero-order valence-electron chi connectivity index (χ0n) is 26.2. The summed E-state index contributed by atoms with van der Waals surface area (Å²) >= 11 is 0. The number of urea groups is 1. The minimum absolute atomic E-state index is 0.0496. The predicted octanol–water partition coefficient (Wildman–Crippen LogP) is 2.59. The number of amides is 5. The second-order valence-corrected chi connectivity index (χ2v) is 12.7. The van der Waals surface area contributed by atoms with E-state index < -0.39 is 11.9 Å². The normalized spacial score (nSPS) is 23.0. The second-order valence-electron chi connectivity index (χ2n) is 12.7. The van der Waals surface area contributed by atoms with E-state index in [4.69, 9.17) is 5.73 Å². The number of nitrogens with one attached hydrogen (secondary N) is 3. The molecule has 0 spiro atoms. The number of piperidine rings is 1. The van der Waals surface area contributed by atoms with Crippen LogP contribution in [0.5, 0.6) is 0 Å². The fourth-order valence-corrected chi connectivity index (χ4v) is 6.86. The first kappa shape index (κ1) is 31.4. The van der Waals surface area contributed by atoms with E-state index in [0.29, 0.717) is 37.7 Å². The van der Waals surface area contributed by atoms with E-state index in [1.54, 1.807) is 11.0 Å². The van der Waals surface area contributed by atoms with Gasteiger partial charge in [0.05, 0.1) is 0 Å². The summed E-state index contributed by atoms with van der Waals surface area (Å²) in [7, 11) is 0. The number of hydrogen-bond donors (Lipinski definition) is 4. The molecule has 3 aliphatic heterocycles. The number of hydrogen-bond acceptors (Lipinski definition) is 7. The number of piperazine rings is 1. The van der Waals surface area contributed by atoms with E-state index in [1.807, 2.05) is 41.3 Å². The van der Waals surface area contributed by atoms with Gasteiger partial charge in [-0.3, -0.25) is 19.7 Å². The molecular formula is C35H43N7O4. The van der Waals surface area contributed by atoms with Gasteiger partial charge in [-0.05, 0) is 93.1 Å². The van der Waals surface area contributed by atoms with Crippen molar-refractivity contribution in [3.63, 3.8) is 0 Å². The third-order valence-corrected chi connectivity index (χ3v) is 9.55. The van der Waals surface area contributed by atoms with Crippen molar-refractivity contribution in [2.45, 2.75) is 76.0 Å². The highest BCUT2D eigenvalue weighted by Crippen LogP contribution is 2.28. The third kappa shape index (κ3) is 7.45. The zero-order chi connectivity index (χ0) is 32.0. The summed E-state index contributed by atoms with van der Waals surface area (Å²) in [5.41, 5.74) is 10.0. The molecule has 2 aromatic carbocycles. The number of fused-ring (bicyclic) bond motifs is 1. The maximum Gasteiger partial charge on any atom is 0.317 e. The Morgan fingerprint density at radius 3 is 2.41 bits per heavy atom. The Labute approximate surface area is 270 Å². The largest absolute Gasteiger partial charge is 0.399 e. The smallest absolute Gasteiger partial charge is 0.317 e. The Hall–Kier alpha value is -4.56. The number of imide groups is 1. The number of carbonyl (C=O) groups excluding carboxylic acids is 4. The lowest BCUT2D eigenvalue weighted by Crippen LogP contribution is -2.54. The van der Waals surface area contributed by atoms with Gasteiger partial charge in [0.15, 0.2) is 0 Å². The first-order chi connectivity index (χ1) is 22.3. The van der Waals surface area contributed by atoms with Gasteiger partial charge in [0.1, 0.15) is 6.04 Å². The summed E-state index contributed by atoms with van der Waals surface area (Å²) in [5, 5.41) is 9.26. The standard InChI is InChI=1S/C35H43N7O4/c36-26-6-12-29(13-7-26)40-18-20-41(21-19-40)35(46)38-28-10-8-27(9-11-28)37-17-3-1-2-4-24-5-14-30-25(22-24)23-42(34(30)45)31-15-16-32(43)39-33(31)44/h5-7,12-14,22,27-28,31,37H,1,3,8-11,15-21,23,36H2,(H,38,46)(H,39,43,44)/t27-,28+,31?. The molecule has 1 saturated carbocycles. The molecule has 1 atom stereocenters. The van der Waals surface area contributed by atoms with E-state index in [9.17, 15) is 19.2 Å². The number of nitrogens with zero attached hydrogens (tertiary/aromatic N) is 3. The van der Waals surface area contributed by atoms with Crippen LogP contribution >= 0.6 is 0 Å². The molecule has 46 heavy (non-hydrogen) atoms. The van der Waals surface area contributed by atoms with Crippen LogP contribution in [0.1, 0.15) is 72.9 Å². The molecule has 0 radical (unpaired) electrons. The first-order valence-electron chi connectivity index (χ1n) is 16.5. The van der Waals surface area contributed by atoms with Gasteiger partial charge >= 0.3 is 6.03 Å². The lowest BCUT2D eigenvalue weighted by Gasteiger charge is -2.37. The van der Waals surface area contributed by atoms with Crippen LogP contribution in [0.15, 0.2) is 42.5 Å². The van der Waals surface area contributed by atoms with Crippen molar-refractivity contribution < 1.29 is 19.2 Å². The second kappa shape index (κ2) is 14.3. The molecule has 5 N–H and O–H groups in total. The van der Waals surface area contributed by atoms with E-state index in [1.165, 1.54) is 0 Å². The summed E-state index contributed by atoms with van der Waals surface area (Å²) in [6.45, 7) is 4.31. The van der Waals surface area contributed by atoms with Gasteiger partial charge in [0.25, 0.3) is 5.91 Å². The van der Waals surface area contributed by atoms with Crippen molar-refractivity contribution in [1.82, 2.24) is 25.8 Å². The van der Waals surface area contributed by atoms with Gasteiger partial charge in [-0.2, -0.15) is 0 Å². The topological polar surface area (TPSA) is 140 Å². The van der Waals surface area contributed by atoms with Gasteiger partial charge in [0.2, 0.25) is 11.8 Å². The maximum absolute atomic E-state index is 12.9. The number of benzene rings is 2. The van der Waals surface area contributed by atoms with Crippen LogP contribution in [0.3, 0.4) is 0 Å². The average molecular weight is 626 g/mol. The molecule has 1 aliphatic carbocycles. The van der Waals surface area contributed by atoms with Crippen LogP contribution in [0.2, 0.25) is 0 Å². The highest BCUT2D eigenvalue weighted by Gasteiger charge is 2.39. The molecule has 1 unspecified atom stereocenters. The quantitative estimate of drug-likeness (QED) is 0.161. The van der Waals surface area contributed by atoms with Crippen molar-refractivity contribution in [2.24, 2.45) is 0 Å². The molecule has 242 valence electrons. The number of anilines is 2. The Kier molecular flexibility index (Phi) is 9.73. The Balaban J connectivity index is 0.859. The van der Waals surface area contributed by atoms with Crippen molar-refractivity contribution in [1.29, 1.82) is 0 Å². The van der Waals surface area contributed by atoms with Crippen molar-refractivity contribution in [3.8, 4) is 11.8 Å². The number of nitrogens with two attached hydrogens (primary N) is 1. The van der Waals surface area contributed by atoms with Gasteiger partial charge < -0.3 is 31.1 Å². The number of unbranched alkanes of at least 4 members (excludes halogenated alkanes) is 1. The molecule has 0 bridgehead atoms. The fourth-order valence-electron chi connectivity index (χ4n) is 6.86. The highest BCUT2D eigenvalue weighted by molar-refractivity contribution is 6.05. The highest BCUT2D eigenvalue weighted by atomic mass is 16.2. The minimum Gasteiger partial charge on any atom is -0.399 e. The molecule has 6 rings (SSSR count). The summed E-state index contributed by atoms with van der Waals surface area (Å²) < 4.78 is 0. The molecule has 2 aromatic rings. The third-order valence-electron chi connectivity index (χ3n) is 9.55. The summed E-state index contributed by atoms with van der Waals surface area (Å²) in [6, 6.07) is 13.6. The van der Waals surface area contributed by atoms with Crippen molar-refractivity contribution in [2.75, 3.05) is 43.4 Å². The van der Waals surface area contributed by atoms with Gasteiger partial charge in [-0.15, -0.1) is 0 Å². The minimum atomic E-state index is -0.609. The van der Waals surface area contributed by atoms with E-state index in [-0.39, 0.29) is 30.3 Å². The SMILES string of the molecule is Nc1ccc(N2CCN(C(=O)N[C@H]3CC[C@@H](NCCCC#Cc4ccc5c(c4)CN(C4CCC(=O)NC4=O)C5=O)CC3)CC2)cc1. The van der Waals surface area contributed by atoms with Gasteiger partial charge in [-0.25, -0.2) is 4.79 Å². The van der Waals surface area contributed by atoms with Crippen LogP contribution in [-0.4, -0.2) is 84.4 Å². The lowest BCUT2D eigenvalue weighted by atomic mass is 9.91. The van der Waals surface area contributed by atoms with E-state index in [0.717, 1.165) is 80.7 Å². The molecule has 0 aromatic heterocycles. The molecule has 5 amide bonds. The number of nitrogen functional groups attached to an aromatic ring is 1. The predicted molar refractivity (Wildman–Crippen MR) is 176 cm³/mol. The Bertz CT molecular complexity index is 1520. The van der Waals surface area contributed by atoms with Crippen LogP contribution in [0.25, 0.3) is 0 Å². The molecule has 3 fully saturated rings. The van der Waals surface area contributed by atoms with Crippen molar-refractivity contribution >= 4 is 35.1 Å². The molecule has 4 aliphatic rings. The van der Waals surface area contributed by atoms with Gasteiger partial charge in [-0.1, -0.05) is 11.8 Å². The summed E-state index contributed by atoms with van der Waals surface area (Å²) in [5.74, 6) is 5.61. The Morgan fingerprint density at radius 1 is 0.935 bits per heavy atom. The summed E-state index contributed by atoms with van der Waals surface area (Å²) in [6.07, 6.45) is 6.37. The van der Waals surface area contributed by atoms with Crippen LogP contribution in [-0.2, 0) is 16.1 Å². The van der Waals surface area contributed by atoms with Gasteiger partial charge in [0, 0.05) is 80.2 Å². The molecule has 3 heterocycles. The van der Waals surface area contributed by atoms with Crippen LogP contribution in [0, 0.1) is 11.8 Å². The monoisotopic (exact) mass is 625 g/mol. The number of rotatable bonds is 7. The van der Waals surface area contributed by atoms with E-state index >= 15 is 0 Å². The van der Waals surface area contributed by atoms with E-state index in [2.05, 4.69) is 32.7 Å². The zero-order valence-corrected chi connectivity index (χ0v) is 26.2. The molecular weight excluding hydrogens is 582 g/mol. The fraction of sp³-hybridized carbons (Fsp3) is 0.486. The van der Waals surface area contributed by atoms with Crippen LogP contribution < -0.4 is 26.6 Å². The molecule has 11 heteroatoms. The average Bonchev–Trinajstić information content (AvgIpc) is 3.38. The molecule has 2 saturated heterocycles. The van der Waals surface area contributed by atoms with Crippen LogP contribution in [0.4, 0.5) is 16.2 Å². The number of carbonyl (C=O) groups is 4. The summed E-state index contributed by atoms with van der Waals surface area (Å²) in [4.78, 5) is 55.3.